The fraction of sp³-hybridized carbons (Fsp3) is 0.148. The van der Waals surface area contributed by atoms with Crippen LogP contribution in [0, 0.1) is 13.8 Å². The maximum absolute atomic E-state index is 13.0. The van der Waals surface area contributed by atoms with E-state index >= 15 is 0 Å². The van der Waals surface area contributed by atoms with E-state index in [2.05, 4.69) is 5.43 Å². The number of aryl methyl sites for hydroxylation is 2. The van der Waals surface area contributed by atoms with Gasteiger partial charge in [0.15, 0.2) is 0 Å². The Bertz CT molecular complexity index is 1340. The van der Waals surface area contributed by atoms with Gasteiger partial charge in [-0.1, -0.05) is 47.0 Å². The number of hydrazine groups is 1. The summed E-state index contributed by atoms with van der Waals surface area (Å²) >= 11 is 5.80. The predicted molar refractivity (Wildman–Crippen MR) is 135 cm³/mol. The highest BCUT2D eigenvalue weighted by Crippen LogP contribution is 2.15. The van der Waals surface area contributed by atoms with Crippen molar-refractivity contribution in [1.29, 1.82) is 0 Å². The minimum Gasteiger partial charge on any atom is -0.478 e. The van der Waals surface area contributed by atoms with Gasteiger partial charge in [-0.25, -0.2) is 14.4 Å². The Hall–Kier alpha value is -4.70. The summed E-state index contributed by atoms with van der Waals surface area (Å²) in [6.07, 6.45) is -4.41. The summed E-state index contributed by atoms with van der Waals surface area (Å²) in [6, 6.07) is 17.8. The molecule has 0 aliphatic heterocycles. The lowest BCUT2D eigenvalue weighted by Gasteiger charge is -2.23. The lowest BCUT2D eigenvalue weighted by molar-refractivity contribution is -0.159. The summed E-state index contributed by atoms with van der Waals surface area (Å²) in [5, 5.41) is 10.2. The molecule has 3 N–H and O–H groups in total. The van der Waals surface area contributed by atoms with Crippen molar-refractivity contribution in [2.75, 3.05) is 0 Å². The number of carbonyl (C=O) groups excluding carboxylic acids is 4. The molecule has 11 heteroatoms. The van der Waals surface area contributed by atoms with E-state index < -0.39 is 41.9 Å². The molecule has 38 heavy (non-hydrogen) atoms. The van der Waals surface area contributed by atoms with Gasteiger partial charge in [-0.05, 0) is 62.4 Å². The van der Waals surface area contributed by atoms with Crippen LogP contribution < -0.4 is 10.9 Å². The second-order valence-electron chi connectivity index (χ2n) is 8.17. The highest BCUT2D eigenvalue weighted by molar-refractivity contribution is 6.30. The van der Waals surface area contributed by atoms with E-state index in [1.54, 1.807) is 38.1 Å². The standard InChI is InChI=1S/C27H23ClN2O8/c1-15-3-7-18(8-4-15)26(35)37-21(24(32)30-29-23(31)17-11-13-20(28)14-12-17)22(25(33)34)38-27(36)19-9-5-16(2)6-10-19/h3-14,21-22H,1-2H3,(H,29,31)(H,30,32)(H,33,34)/t21-,22+/m1/s1. The van der Waals surface area contributed by atoms with Gasteiger partial charge in [-0.3, -0.25) is 20.4 Å². The Morgan fingerprint density at radius 2 is 1.08 bits per heavy atom. The number of ether oxygens (including phenoxy) is 2. The lowest BCUT2D eigenvalue weighted by atomic mass is 10.1. The first-order valence-corrected chi connectivity index (χ1v) is 11.6. The third kappa shape index (κ3) is 7.40. The van der Waals surface area contributed by atoms with Crippen molar-refractivity contribution in [3.63, 3.8) is 0 Å². The first kappa shape index (κ1) is 27.9. The van der Waals surface area contributed by atoms with Crippen LogP contribution >= 0.6 is 11.6 Å². The molecule has 0 fully saturated rings. The van der Waals surface area contributed by atoms with Gasteiger partial charge in [-0.15, -0.1) is 0 Å². The van der Waals surface area contributed by atoms with E-state index in [1.165, 1.54) is 48.5 Å². The average Bonchev–Trinajstić information content (AvgIpc) is 2.89. The van der Waals surface area contributed by atoms with Gasteiger partial charge in [0.1, 0.15) is 0 Å². The number of esters is 2. The van der Waals surface area contributed by atoms with E-state index in [-0.39, 0.29) is 16.7 Å². The van der Waals surface area contributed by atoms with Crippen LogP contribution in [0.4, 0.5) is 0 Å². The minimum absolute atomic E-state index is 0.0157. The van der Waals surface area contributed by atoms with Gasteiger partial charge >= 0.3 is 17.9 Å². The number of aliphatic carboxylic acids is 1. The molecule has 3 aromatic carbocycles. The van der Waals surface area contributed by atoms with E-state index in [0.717, 1.165) is 11.1 Å². The molecular formula is C27H23ClN2O8. The molecule has 2 atom stereocenters. The first-order valence-electron chi connectivity index (χ1n) is 11.2. The van der Waals surface area contributed by atoms with Gasteiger partial charge in [-0.2, -0.15) is 0 Å². The Morgan fingerprint density at radius 1 is 0.658 bits per heavy atom. The number of benzene rings is 3. The van der Waals surface area contributed by atoms with Crippen LogP contribution in [-0.4, -0.2) is 47.0 Å². The first-order chi connectivity index (χ1) is 18.0. The number of amides is 2. The van der Waals surface area contributed by atoms with Crippen LogP contribution in [0.15, 0.2) is 72.8 Å². The average molecular weight is 539 g/mol. The summed E-state index contributed by atoms with van der Waals surface area (Å²) < 4.78 is 10.3. The van der Waals surface area contributed by atoms with Crippen molar-refractivity contribution in [2.45, 2.75) is 26.1 Å². The van der Waals surface area contributed by atoms with E-state index in [1.807, 2.05) is 5.43 Å². The van der Waals surface area contributed by atoms with Gasteiger partial charge in [0.2, 0.25) is 12.2 Å². The van der Waals surface area contributed by atoms with E-state index in [0.29, 0.717) is 5.02 Å². The minimum atomic E-state index is -2.24. The number of nitrogens with one attached hydrogen (secondary N) is 2. The summed E-state index contributed by atoms with van der Waals surface area (Å²) in [5.74, 6) is -5.89. The van der Waals surface area contributed by atoms with Gasteiger partial charge in [0.05, 0.1) is 11.1 Å². The Labute approximate surface area is 222 Å². The molecule has 0 aromatic heterocycles. The van der Waals surface area contributed by atoms with Crippen LogP contribution in [-0.2, 0) is 19.1 Å². The maximum atomic E-state index is 13.0. The van der Waals surface area contributed by atoms with Crippen molar-refractivity contribution in [1.82, 2.24) is 10.9 Å². The topological polar surface area (TPSA) is 148 Å². The Morgan fingerprint density at radius 3 is 1.53 bits per heavy atom. The van der Waals surface area contributed by atoms with Crippen LogP contribution in [0.1, 0.15) is 42.2 Å². The number of carboxylic acid groups (broad SMARTS) is 1. The fourth-order valence-corrected chi connectivity index (χ4v) is 3.23. The number of carbonyl (C=O) groups is 5. The van der Waals surface area contributed by atoms with Crippen LogP contribution in [0.3, 0.4) is 0 Å². The number of halogens is 1. The highest BCUT2D eigenvalue weighted by atomic mass is 35.5. The summed E-state index contributed by atoms with van der Waals surface area (Å²) in [5.41, 5.74) is 5.96. The number of hydrogen-bond donors (Lipinski definition) is 3. The quantitative estimate of drug-likeness (QED) is 0.292. The molecule has 2 amide bonds. The number of hydrogen-bond acceptors (Lipinski definition) is 7. The third-order valence-corrected chi connectivity index (χ3v) is 5.48. The molecule has 0 saturated heterocycles. The van der Waals surface area contributed by atoms with Gasteiger partial charge in [0.25, 0.3) is 11.8 Å². The SMILES string of the molecule is Cc1ccc(C(=O)O[C@H](C(=O)O)[C@@H](OC(=O)c2ccc(C)cc2)C(=O)NNC(=O)c2ccc(Cl)cc2)cc1. The van der Waals surface area contributed by atoms with Gasteiger partial charge < -0.3 is 14.6 Å². The molecule has 0 unspecified atom stereocenters. The predicted octanol–water partition coefficient (Wildman–Crippen LogP) is 3.25. The highest BCUT2D eigenvalue weighted by Gasteiger charge is 2.41. The maximum Gasteiger partial charge on any atom is 0.349 e. The molecule has 0 bridgehead atoms. The molecule has 3 aromatic rings. The number of rotatable bonds is 8. The Kier molecular flexibility index (Phi) is 9.18. The molecule has 0 saturated carbocycles. The monoisotopic (exact) mass is 538 g/mol. The van der Waals surface area contributed by atoms with E-state index in [9.17, 15) is 29.1 Å². The molecule has 0 radical (unpaired) electrons. The molecule has 3 rings (SSSR count). The molecular weight excluding hydrogens is 516 g/mol. The normalized spacial score (nSPS) is 12.0. The van der Waals surface area contributed by atoms with Crippen LogP contribution in [0.5, 0.6) is 0 Å². The Balaban J connectivity index is 1.84. The van der Waals surface area contributed by atoms with Crippen molar-refractivity contribution in [3.05, 3.63) is 106 Å². The largest absolute Gasteiger partial charge is 0.478 e. The van der Waals surface area contributed by atoms with Crippen LogP contribution in [0.2, 0.25) is 5.02 Å². The summed E-state index contributed by atoms with van der Waals surface area (Å²) in [4.78, 5) is 62.8. The fourth-order valence-electron chi connectivity index (χ4n) is 3.10. The summed E-state index contributed by atoms with van der Waals surface area (Å²) in [6.45, 7) is 3.58. The lowest BCUT2D eigenvalue weighted by Crippen LogP contribution is -2.54. The molecule has 0 aliphatic carbocycles. The van der Waals surface area contributed by atoms with Gasteiger partial charge in [0, 0.05) is 10.6 Å². The van der Waals surface area contributed by atoms with Crippen LogP contribution in [0.25, 0.3) is 0 Å². The van der Waals surface area contributed by atoms with E-state index in [4.69, 9.17) is 21.1 Å². The van der Waals surface area contributed by atoms with Crippen molar-refractivity contribution >= 4 is 41.3 Å². The molecule has 0 spiro atoms. The second kappa shape index (κ2) is 12.5. The zero-order valence-electron chi connectivity index (χ0n) is 20.3. The smallest absolute Gasteiger partial charge is 0.349 e. The molecule has 196 valence electrons. The third-order valence-electron chi connectivity index (χ3n) is 5.22. The summed E-state index contributed by atoms with van der Waals surface area (Å²) in [7, 11) is 0. The zero-order valence-corrected chi connectivity index (χ0v) is 21.0. The van der Waals surface area contributed by atoms with Crippen molar-refractivity contribution < 1.29 is 38.6 Å². The van der Waals surface area contributed by atoms with Crippen molar-refractivity contribution in [2.24, 2.45) is 0 Å². The molecule has 0 heterocycles. The molecule has 0 aliphatic rings. The van der Waals surface area contributed by atoms with Crippen molar-refractivity contribution in [3.8, 4) is 0 Å². The zero-order chi connectivity index (χ0) is 27.8. The number of carboxylic acids is 1. The second-order valence-corrected chi connectivity index (χ2v) is 8.61. The molecule has 10 nitrogen and oxygen atoms in total.